The van der Waals surface area contributed by atoms with Crippen LogP contribution in [0.5, 0.6) is 0 Å². The molecule has 9 nitrogen and oxygen atoms in total. The highest BCUT2D eigenvalue weighted by Crippen LogP contribution is 2.43. The number of aliphatic hydroxyl groups is 2. The zero-order chi connectivity index (χ0) is 46.0. The van der Waals surface area contributed by atoms with Gasteiger partial charge < -0.3 is 24.6 Å². The highest BCUT2D eigenvalue weighted by molar-refractivity contribution is 7.47. The van der Waals surface area contributed by atoms with Gasteiger partial charge in [0, 0.05) is 13.0 Å². The fraction of sp³-hybridized carbons (Fsp3) is 0.981. The van der Waals surface area contributed by atoms with Gasteiger partial charge in [0.25, 0.3) is 0 Å². The van der Waals surface area contributed by atoms with E-state index in [2.05, 4.69) is 13.8 Å². The van der Waals surface area contributed by atoms with E-state index >= 15 is 0 Å². The summed E-state index contributed by atoms with van der Waals surface area (Å²) >= 11 is 0. The Bertz CT molecular complexity index is 953. The third-order valence-electron chi connectivity index (χ3n) is 12.5. The molecule has 0 aromatic heterocycles. The monoisotopic (exact) mass is 919 g/mol. The Kier molecular flexibility index (Phi) is 50.4. The van der Waals surface area contributed by atoms with E-state index in [9.17, 15) is 19.4 Å². The predicted octanol–water partition coefficient (Wildman–Crippen LogP) is 16.2. The van der Waals surface area contributed by atoms with Gasteiger partial charge in [-0.05, 0) is 12.8 Å². The molecule has 0 spiro atoms. The lowest BCUT2D eigenvalue weighted by Gasteiger charge is -2.20. The molecule has 10 heteroatoms. The Labute approximate surface area is 390 Å². The van der Waals surface area contributed by atoms with E-state index in [-0.39, 0.29) is 25.6 Å². The number of esters is 1. The van der Waals surface area contributed by atoms with Crippen LogP contribution in [-0.2, 0) is 27.9 Å². The standard InChI is InChI=1S/C53H107O9P/c1-3-5-7-9-11-13-15-17-19-21-23-25-26-28-30-32-34-36-38-40-42-44-46-59-49-52(50-61-63(57,58)60-48-51(55)47-54)62-53(56)45-43-41-39-37-35-33-31-29-27-24-22-20-18-16-14-12-10-8-6-4-2/h51-52,54-55H,3-50H2,1-2H3,(H,57,58). The summed E-state index contributed by atoms with van der Waals surface area (Å²) in [6.45, 7) is 3.62. The highest BCUT2D eigenvalue weighted by atomic mass is 31.2. The molecule has 0 heterocycles. The van der Waals surface area contributed by atoms with Crippen molar-refractivity contribution in [3.63, 3.8) is 0 Å². The number of hydrogen-bond acceptors (Lipinski definition) is 8. The van der Waals surface area contributed by atoms with E-state index in [1.807, 2.05) is 0 Å². The maximum absolute atomic E-state index is 12.7. The van der Waals surface area contributed by atoms with Crippen molar-refractivity contribution in [3.05, 3.63) is 0 Å². The van der Waals surface area contributed by atoms with Gasteiger partial charge in [0.2, 0.25) is 0 Å². The van der Waals surface area contributed by atoms with E-state index in [0.29, 0.717) is 6.61 Å². The van der Waals surface area contributed by atoms with Crippen LogP contribution in [0.15, 0.2) is 0 Å². The number of phosphoric acid groups is 1. The molecule has 63 heavy (non-hydrogen) atoms. The molecule has 0 radical (unpaired) electrons. The smallest absolute Gasteiger partial charge is 0.457 e. The summed E-state index contributed by atoms with van der Waals surface area (Å²) in [7, 11) is -4.52. The second kappa shape index (κ2) is 50.9. The summed E-state index contributed by atoms with van der Waals surface area (Å²) in [5, 5.41) is 18.4. The number of ether oxygens (including phenoxy) is 2. The van der Waals surface area contributed by atoms with Gasteiger partial charge in [-0.1, -0.05) is 271 Å². The van der Waals surface area contributed by atoms with Crippen molar-refractivity contribution in [2.75, 3.05) is 33.0 Å². The van der Waals surface area contributed by atoms with Crippen LogP contribution in [-0.4, -0.2) is 66.3 Å². The van der Waals surface area contributed by atoms with Crippen molar-refractivity contribution < 1.29 is 43.0 Å². The highest BCUT2D eigenvalue weighted by Gasteiger charge is 2.26. The molecule has 0 aliphatic carbocycles. The number of rotatable bonds is 54. The molecule has 0 aromatic carbocycles. The first-order valence-electron chi connectivity index (χ1n) is 27.5. The van der Waals surface area contributed by atoms with Gasteiger partial charge in [-0.3, -0.25) is 13.8 Å². The van der Waals surface area contributed by atoms with Crippen LogP contribution in [0.4, 0.5) is 0 Å². The van der Waals surface area contributed by atoms with E-state index in [0.717, 1.165) is 32.1 Å². The lowest BCUT2D eigenvalue weighted by atomic mass is 10.0. The van der Waals surface area contributed by atoms with Crippen LogP contribution in [0.3, 0.4) is 0 Å². The molecule has 3 unspecified atom stereocenters. The number of carbonyl (C=O) groups is 1. The van der Waals surface area contributed by atoms with E-state index in [1.165, 1.54) is 238 Å². The lowest BCUT2D eigenvalue weighted by molar-refractivity contribution is -0.154. The number of carbonyl (C=O) groups excluding carboxylic acids is 1. The first-order chi connectivity index (χ1) is 30.8. The third-order valence-corrected chi connectivity index (χ3v) is 13.5. The van der Waals surface area contributed by atoms with E-state index < -0.39 is 33.2 Å². The van der Waals surface area contributed by atoms with Crippen LogP contribution in [0.2, 0.25) is 0 Å². The maximum atomic E-state index is 12.7. The molecular weight excluding hydrogens is 812 g/mol. The van der Waals surface area contributed by atoms with Crippen molar-refractivity contribution in [1.82, 2.24) is 0 Å². The third kappa shape index (κ3) is 50.7. The summed E-state index contributed by atoms with van der Waals surface area (Å²) in [6.07, 6.45) is 53.6. The van der Waals surface area contributed by atoms with Crippen LogP contribution in [0.1, 0.15) is 290 Å². The predicted molar refractivity (Wildman–Crippen MR) is 265 cm³/mol. The average molecular weight is 919 g/mol. The summed E-state index contributed by atoms with van der Waals surface area (Å²) in [5.74, 6) is -0.372. The molecule has 0 aliphatic heterocycles. The number of hydrogen-bond donors (Lipinski definition) is 3. The first kappa shape index (κ1) is 62.5. The number of phosphoric ester groups is 1. The minimum atomic E-state index is -4.52. The molecule has 378 valence electrons. The van der Waals surface area contributed by atoms with Crippen molar-refractivity contribution >= 4 is 13.8 Å². The molecule has 0 aliphatic rings. The summed E-state index contributed by atoms with van der Waals surface area (Å²) in [4.78, 5) is 22.7. The molecular formula is C53H107O9P. The van der Waals surface area contributed by atoms with Crippen LogP contribution in [0.25, 0.3) is 0 Å². The van der Waals surface area contributed by atoms with E-state index in [4.69, 9.17) is 23.6 Å². The summed E-state index contributed by atoms with van der Waals surface area (Å²) < 4.78 is 33.6. The van der Waals surface area contributed by atoms with Gasteiger partial charge in [0.05, 0.1) is 26.4 Å². The van der Waals surface area contributed by atoms with Crippen LogP contribution < -0.4 is 0 Å². The Morgan fingerprint density at radius 3 is 1.03 bits per heavy atom. The summed E-state index contributed by atoms with van der Waals surface area (Å²) in [5.41, 5.74) is 0. The largest absolute Gasteiger partial charge is 0.472 e. The maximum Gasteiger partial charge on any atom is 0.472 e. The minimum absolute atomic E-state index is 0.0590. The fourth-order valence-electron chi connectivity index (χ4n) is 8.36. The van der Waals surface area contributed by atoms with Gasteiger partial charge in [0.1, 0.15) is 12.2 Å². The Hall–Kier alpha value is -0.540. The van der Waals surface area contributed by atoms with Crippen molar-refractivity contribution in [2.45, 2.75) is 302 Å². The van der Waals surface area contributed by atoms with Crippen LogP contribution in [0, 0.1) is 0 Å². The molecule has 0 saturated carbocycles. The van der Waals surface area contributed by atoms with Gasteiger partial charge in [0.15, 0.2) is 0 Å². The minimum Gasteiger partial charge on any atom is -0.457 e. The molecule has 0 fully saturated rings. The number of unbranched alkanes of at least 4 members (excludes halogenated alkanes) is 40. The van der Waals surface area contributed by atoms with Crippen molar-refractivity contribution in [2.24, 2.45) is 0 Å². The average Bonchev–Trinajstić information content (AvgIpc) is 3.28. The van der Waals surface area contributed by atoms with Gasteiger partial charge in [-0.2, -0.15) is 0 Å². The SMILES string of the molecule is CCCCCCCCCCCCCCCCCCCCCCCCOCC(COP(=O)(O)OCC(O)CO)OC(=O)CCCCCCCCCCCCCCCCCCCCCC. The van der Waals surface area contributed by atoms with Crippen LogP contribution >= 0.6 is 7.82 Å². The second-order valence-electron chi connectivity index (χ2n) is 19.0. The van der Waals surface area contributed by atoms with Crippen molar-refractivity contribution in [1.29, 1.82) is 0 Å². The molecule has 0 amide bonds. The van der Waals surface area contributed by atoms with Crippen molar-refractivity contribution in [3.8, 4) is 0 Å². The molecule has 3 N–H and O–H groups in total. The lowest BCUT2D eigenvalue weighted by Crippen LogP contribution is -2.29. The zero-order valence-electron chi connectivity index (χ0n) is 41.8. The molecule has 0 saturated heterocycles. The quantitative estimate of drug-likeness (QED) is 0.0310. The topological polar surface area (TPSA) is 132 Å². The second-order valence-corrected chi connectivity index (χ2v) is 20.4. The van der Waals surface area contributed by atoms with Gasteiger partial charge >= 0.3 is 13.8 Å². The Morgan fingerprint density at radius 2 is 0.714 bits per heavy atom. The van der Waals surface area contributed by atoms with Gasteiger partial charge in [-0.25, -0.2) is 4.57 Å². The molecule has 0 bridgehead atoms. The fourth-order valence-corrected chi connectivity index (χ4v) is 9.15. The summed E-state index contributed by atoms with van der Waals surface area (Å²) in [6, 6.07) is 0. The Morgan fingerprint density at radius 1 is 0.429 bits per heavy atom. The zero-order valence-corrected chi connectivity index (χ0v) is 42.7. The number of aliphatic hydroxyl groups excluding tert-OH is 2. The normalized spacial score (nSPS) is 13.7. The molecule has 0 aromatic rings. The van der Waals surface area contributed by atoms with E-state index in [1.54, 1.807) is 0 Å². The molecule has 3 atom stereocenters. The van der Waals surface area contributed by atoms with Gasteiger partial charge in [-0.15, -0.1) is 0 Å². The first-order valence-corrected chi connectivity index (χ1v) is 29.0. The Balaban J connectivity index is 3.97. The molecule has 0 rings (SSSR count).